The molecule has 3 N–H and O–H groups in total. The number of benzene rings is 3. The summed E-state index contributed by atoms with van der Waals surface area (Å²) in [6.45, 7) is 0. The minimum absolute atomic E-state index is 0.131. The Labute approximate surface area is 131 Å². The third-order valence-corrected chi connectivity index (χ3v) is 3.99. The molecule has 4 rings (SSSR count). The molecular weight excluding hydrogens is 292 g/mol. The van der Waals surface area contributed by atoms with Crippen LogP contribution in [0.1, 0.15) is 20.7 Å². The van der Waals surface area contributed by atoms with Crippen LogP contribution in [-0.4, -0.2) is 16.9 Å². The molecule has 0 spiro atoms. The summed E-state index contributed by atoms with van der Waals surface area (Å²) in [5.74, 6) is -1.08. The number of hydrogen-bond donors (Lipinski definition) is 2. The molecule has 2 amide bonds. The molecule has 0 atom stereocenters. The standard InChI is InChI=1S/C18H12N2O3/c19-11-8-10-4-3-5-12-16(10)13(9-11)18(23)20(17(12)22)14-6-1-2-7-15(14)21/h1-9,21H,19H2. The molecular formula is C18H12N2O3. The number of para-hydroxylation sites is 2. The number of phenols is 1. The first-order valence-corrected chi connectivity index (χ1v) is 7.07. The highest BCUT2D eigenvalue weighted by molar-refractivity contribution is 6.36. The van der Waals surface area contributed by atoms with Gasteiger partial charge < -0.3 is 10.8 Å². The molecule has 1 aliphatic heterocycles. The average Bonchev–Trinajstić information content (AvgIpc) is 2.54. The third-order valence-electron chi connectivity index (χ3n) is 3.99. The van der Waals surface area contributed by atoms with Gasteiger partial charge in [-0.25, -0.2) is 4.90 Å². The van der Waals surface area contributed by atoms with E-state index in [1.807, 2.05) is 6.07 Å². The quantitative estimate of drug-likeness (QED) is 0.535. The topological polar surface area (TPSA) is 83.6 Å². The zero-order chi connectivity index (χ0) is 16.1. The van der Waals surface area contributed by atoms with Gasteiger partial charge in [0.15, 0.2) is 0 Å². The number of imide groups is 1. The van der Waals surface area contributed by atoms with Crippen molar-refractivity contribution in [1.29, 1.82) is 0 Å². The molecule has 1 aliphatic rings. The van der Waals surface area contributed by atoms with E-state index in [4.69, 9.17) is 5.73 Å². The predicted octanol–water partition coefficient (Wildman–Crippen LogP) is 2.93. The highest BCUT2D eigenvalue weighted by Crippen LogP contribution is 2.36. The fourth-order valence-electron chi connectivity index (χ4n) is 3.00. The van der Waals surface area contributed by atoms with E-state index in [1.54, 1.807) is 36.4 Å². The Morgan fingerprint density at radius 2 is 1.61 bits per heavy atom. The summed E-state index contributed by atoms with van der Waals surface area (Å²) in [5, 5.41) is 11.4. The molecule has 0 aliphatic carbocycles. The minimum atomic E-state index is -0.493. The molecule has 0 radical (unpaired) electrons. The number of carbonyl (C=O) groups is 2. The summed E-state index contributed by atoms with van der Waals surface area (Å²) in [4.78, 5) is 26.7. The summed E-state index contributed by atoms with van der Waals surface area (Å²) < 4.78 is 0. The Morgan fingerprint density at radius 3 is 2.39 bits per heavy atom. The van der Waals surface area contributed by atoms with Crippen molar-refractivity contribution in [2.75, 3.05) is 10.6 Å². The Hall–Kier alpha value is -3.34. The molecule has 0 bridgehead atoms. The number of aromatic hydroxyl groups is 1. The zero-order valence-electron chi connectivity index (χ0n) is 12.0. The molecule has 0 saturated heterocycles. The van der Waals surface area contributed by atoms with Crippen molar-refractivity contribution in [3.63, 3.8) is 0 Å². The van der Waals surface area contributed by atoms with Gasteiger partial charge in [0.2, 0.25) is 0 Å². The molecule has 0 saturated carbocycles. The van der Waals surface area contributed by atoms with E-state index in [9.17, 15) is 14.7 Å². The molecule has 3 aromatic carbocycles. The van der Waals surface area contributed by atoms with E-state index in [0.717, 1.165) is 10.3 Å². The van der Waals surface area contributed by atoms with E-state index in [0.29, 0.717) is 22.2 Å². The molecule has 23 heavy (non-hydrogen) atoms. The number of hydrogen-bond acceptors (Lipinski definition) is 4. The van der Waals surface area contributed by atoms with Crippen LogP contribution in [0.4, 0.5) is 11.4 Å². The summed E-state index contributed by atoms with van der Waals surface area (Å²) >= 11 is 0. The molecule has 1 heterocycles. The van der Waals surface area contributed by atoms with Crippen molar-refractivity contribution < 1.29 is 14.7 Å². The van der Waals surface area contributed by atoms with Crippen molar-refractivity contribution in [2.45, 2.75) is 0 Å². The number of nitrogens with two attached hydrogens (primary N) is 1. The largest absolute Gasteiger partial charge is 0.506 e. The van der Waals surface area contributed by atoms with Crippen molar-refractivity contribution in [3.05, 3.63) is 65.7 Å². The maximum atomic E-state index is 12.9. The van der Waals surface area contributed by atoms with Crippen LogP contribution in [0, 0.1) is 0 Å². The van der Waals surface area contributed by atoms with Gasteiger partial charge in [-0.1, -0.05) is 24.3 Å². The van der Waals surface area contributed by atoms with Gasteiger partial charge in [0.1, 0.15) is 5.75 Å². The van der Waals surface area contributed by atoms with Crippen LogP contribution in [-0.2, 0) is 0 Å². The smallest absolute Gasteiger partial charge is 0.266 e. The number of anilines is 2. The lowest BCUT2D eigenvalue weighted by Crippen LogP contribution is -2.40. The maximum Gasteiger partial charge on any atom is 0.266 e. The highest BCUT2D eigenvalue weighted by atomic mass is 16.3. The zero-order valence-corrected chi connectivity index (χ0v) is 12.0. The third kappa shape index (κ3) is 1.80. The normalized spacial score (nSPS) is 13.7. The molecule has 5 nitrogen and oxygen atoms in total. The van der Waals surface area contributed by atoms with E-state index in [-0.39, 0.29) is 11.4 Å². The van der Waals surface area contributed by atoms with Gasteiger partial charge in [-0.15, -0.1) is 0 Å². The molecule has 0 unspecified atom stereocenters. The Balaban J connectivity index is 2.04. The van der Waals surface area contributed by atoms with Gasteiger partial charge >= 0.3 is 0 Å². The number of rotatable bonds is 1. The number of nitrogen functional groups attached to an aromatic ring is 1. The monoisotopic (exact) mass is 304 g/mol. The number of nitrogens with zero attached hydrogens (tertiary/aromatic N) is 1. The van der Waals surface area contributed by atoms with Crippen LogP contribution >= 0.6 is 0 Å². The van der Waals surface area contributed by atoms with E-state index in [2.05, 4.69) is 0 Å². The van der Waals surface area contributed by atoms with Gasteiger partial charge in [-0.05, 0) is 35.7 Å². The Morgan fingerprint density at radius 1 is 0.870 bits per heavy atom. The molecule has 3 aromatic rings. The lowest BCUT2D eigenvalue weighted by Gasteiger charge is -2.27. The second kappa shape index (κ2) is 4.58. The summed E-state index contributed by atoms with van der Waals surface area (Å²) in [5.41, 5.74) is 7.27. The first-order chi connectivity index (χ1) is 11.1. The Kier molecular flexibility index (Phi) is 2.65. The van der Waals surface area contributed by atoms with Crippen LogP contribution < -0.4 is 10.6 Å². The lowest BCUT2D eigenvalue weighted by molar-refractivity contribution is 0.0892. The van der Waals surface area contributed by atoms with Gasteiger partial charge in [0.05, 0.1) is 11.3 Å². The fraction of sp³-hybridized carbons (Fsp3) is 0. The van der Waals surface area contributed by atoms with Crippen LogP contribution in [0.2, 0.25) is 0 Å². The molecule has 5 heteroatoms. The van der Waals surface area contributed by atoms with Crippen molar-refractivity contribution in [2.24, 2.45) is 0 Å². The van der Waals surface area contributed by atoms with Crippen molar-refractivity contribution in [3.8, 4) is 5.75 Å². The first kappa shape index (κ1) is 13.3. The van der Waals surface area contributed by atoms with Crippen LogP contribution in [0.25, 0.3) is 10.8 Å². The van der Waals surface area contributed by atoms with Gasteiger partial charge in [0, 0.05) is 16.6 Å². The van der Waals surface area contributed by atoms with Crippen LogP contribution in [0.3, 0.4) is 0 Å². The Bertz CT molecular complexity index is 995. The SMILES string of the molecule is Nc1cc2c3c(cccc3c1)C(=O)N(c1ccccc1O)C2=O. The fourth-order valence-corrected chi connectivity index (χ4v) is 3.00. The molecule has 0 aromatic heterocycles. The van der Waals surface area contributed by atoms with Crippen molar-refractivity contribution >= 4 is 34.0 Å². The van der Waals surface area contributed by atoms with Gasteiger partial charge in [0.25, 0.3) is 11.8 Å². The van der Waals surface area contributed by atoms with E-state index in [1.165, 1.54) is 12.1 Å². The van der Waals surface area contributed by atoms with E-state index < -0.39 is 11.8 Å². The minimum Gasteiger partial charge on any atom is -0.506 e. The highest BCUT2D eigenvalue weighted by Gasteiger charge is 2.35. The van der Waals surface area contributed by atoms with E-state index >= 15 is 0 Å². The summed E-state index contributed by atoms with van der Waals surface area (Å²) in [7, 11) is 0. The lowest BCUT2D eigenvalue weighted by atomic mass is 9.93. The first-order valence-electron chi connectivity index (χ1n) is 7.07. The second-order valence-corrected chi connectivity index (χ2v) is 5.41. The number of amides is 2. The second-order valence-electron chi connectivity index (χ2n) is 5.41. The van der Waals surface area contributed by atoms with Crippen LogP contribution in [0.5, 0.6) is 5.75 Å². The summed E-state index contributed by atoms with van der Waals surface area (Å²) in [6, 6.07) is 14.8. The van der Waals surface area contributed by atoms with Crippen molar-refractivity contribution in [1.82, 2.24) is 0 Å². The van der Waals surface area contributed by atoms with Crippen LogP contribution in [0.15, 0.2) is 54.6 Å². The molecule has 112 valence electrons. The number of phenolic OH excluding ortho intramolecular Hbond substituents is 1. The molecule has 0 fully saturated rings. The van der Waals surface area contributed by atoms with Gasteiger partial charge in [-0.3, -0.25) is 9.59 Å². The maximum absolute atomic E-state index is 12.9. The summed E-state index contributed by atoms with van der Waals surface area (Å²) in [6.07, 6.45) is 0. The predicted molar refractivity (Wildman–Crippen MR) is 87.6 cm³/mol. The number of carbonyl (C=O) groups excluding carboxylic acids is 2. The average molecular weight is 304 g/mol. The van der Waals surface area contributed by atoms with Gasteiger partial charge in [-0.2, -0.15) is 0 Å².